The Labute approximate surface area is 120 Å². The Morgan fingerprint density at radius 3 is 2.55 bits per heavy atom. The molecule has 0 fully saturated rings. The standard InChI is InChI=1S/C17H22N2O/c1-12(2)11-19-16(10-18)14-8-9-17(20-3)15-7-5-4-6-13(14)15/h4-9,16,19H,1,10-11,18H2,2-3H3. The molecule has 0 radical (unpaired) electrons. The van der Waals surface area contributed by atoms with Crippen LogP contribution in [-0.2, 0) is 0 Å². The van der Waals surface area contributed by atoms with Crippen molar-refractivity contribution >= 4 is 10.8 Å². The van der Waals surface area contributed by atoms with Crippen LogP contribution in [0.4, 0.5) is 0 Å². The van der Waals surface area contributed by atoms with Gasteiger partial charge in [-0.05, 0) is 23.9 Å². The Morgan fingerprint density at radius 1 is 1.25 bits per heavy atom. The minimum absolute atomic E-state index is 0.113. The van der Waals surface area contributed by atoms with Crippen LogP contribution in [-0.4, -0.2) is 20.2 Å². The van der Waals surface area contributed by atoms with Gasteiger partial charge in [0, 0.05) is 24.5 Å². The lowest BCUT2D eigenvalue weighted by Gasteiger charge is -2.20. The second kappa shape index (κ2) is 6.55. The smallest absolute Gasteiger partial charge is 0.126 e. The Balaban J connectivity index is 2.45. The summed E-state index contributed by atoms with van der Waals surface area (Å²) in [5.74, 6) is 0.889. The molecular formula is C17H22N2O. The minimum Gasteiger partial charge on any atom is -0.496 e. The molecule has 3 nitrogen and oxygen atoms in total. The lowest BCUT2D eigenvalue weighted by molar-refractivity contribution is 0.419. The van der Waals surface area contributed by atoms with Crippen LogP contribution in [0.15, 0.2) is 48.6 Å². The third kappa shape index (κ3) is 3.00. The van der Waals surface area contributed by atoms with Crippen molar-refractivity contribution in [1.29, 1.82) is 0 Å². The molecule has 0 heterocycles. The van der Waals surface area contributed by atoms with Gasteiger partial charge < -0.3 is 15.8 Å². The van der Waals surface area contributed by atoms with Crippen molar-refractivity contribution in [3.8, 4) is 5.75 Å². The Bertz CT molecular complexity index is 607. The first-order valence-electron chi connectivity index (χ1n) is 6.80. The van der Waals surface area contributed by atoms with E-state index in [1.165, 1.54) is 10.9 Å². The van der Waals surface area contributed by atoms with Crippen molar-refractivity contribution in [2.24, 2.45) is 5.73 Å². The number of fused-ring (bicyclic) bond motifs is 1. The van der Waals surface area contributed by atoms with E-state index in [-0.39, 0.29) is 6.04 Å². The summed E-state index contributed by atoms with van der Waals surface area (Å²) in [6.07, 6.45) is 0. The highest BCUT2D eigenvalue weighted by Gasteiger charge is 2.14. The van der Waals surface area contributed by atoms with Crippen molar-refractivity contribution in [3.05, 3.63) is 54.1 Å². The molecule has 2 aromatic carbocycles. The number of nitrogens with two attached hydrogens (primary N) is 1. The van der Waals surface area contributed by atoms with E-state index in [1.807, 2.05) is 25.1 Å². The molecule has 0 aromatic heterocycles. The molecule has 0 spiro atoms. The lowest BCUT2D eigenvalue weighted by atomic mass is 9.98. The maximum atomic E-state index is 5.93. The quantitative estimate of drug-likeness (QED) is 0.793. The average molecular weight is 270 g/mol. The Kier molecular flexibility index (Phi) is 4.77. The normalized spacial score (nSPS) is 12.3. The summed E-state index contributed by atoms with van der Waals surface area (Å²) in [5.41, 5.74) is 8.23. The summed E-state index contributed by atoms with van der Waals surface area (Å²) >= 11 is 0. The van der Waals surface area contributed by atoms with Gasteiger partial charge in [-0.1, -0.05) is 42.5 Å². The molecule has 0 aliphatic carbocycles. The fourth-order valence-corrected chi connectivity index (χ4v) is 2.39. The highest BCUT2D eigenvalue weighted by molar-refractivity contribution is 5.91. The third-order valence-corrected chi connectivity index (χ3v) is 3.40. The topological polar surface area (TPSA) is 47.3 Å². The van der Waals surface area contributed by atoms with Gasteiger partial charge in [0.1, 0.15) is 5.75 Å². The predicted molar refractivity (Wildman–Crippen MR) is 85.1 cm³/mol. The van der Waals surface area contributed by atoms with E-state index < -0.39 is 0 Å². The SMILES string of the molecule is C=C(C)CNC(CN)c1ccc(OC)c2ccccc12. The van der Waals surface area contributed by atoms with E-state index in [0.29, 0.717) is 6.54 Å². The third-order valence-electron chi connectivity index (χ3n) is 3.40. The summed E-state index contributed by atoms with van der Waals surface area (Å²) in [4.78, 5) is 0. The number of ether oxygens (including phenoxy) is 1. The molecule has 0 bridgehead atoms. The van der Waals surface area contributed by atoms with Gasteiger partial charge >= 0.3 is 0 Å². The van der Waals surface area contributed by atoms with Gasteiger partial charge in [-0.15, -0.1) is 0 Å². The molecule has 20 heavy (non-hydrogen) atoms. The van der Waals surface area contributed by atoms with E-state index in [2.05, 4.69) is 30.1 Å². The number of hydrogen-bond donors (Lipinski definition) is 2. The molecule has 0 aliphatic rings. The first-order valence-corrected chi connectivity index (χ1v) is 6.80. The number of hydrogen-bond acceptors (Lipinski definition) is 3. The zero-order valence-electron chi connectivity index (χ0n) is 12.1. The molecule has 0 saturated heterocycles. The van der Waals surface area contributed by atoms with E-state index in [9.17, 15) is 0 Å². The number of rotatable bonds is 6. The lowest BCUT2D eigenvalue weighted by Crippen LogP contribution is -2.29. The largest absolute Gasteiger partial charge is 0.496 e. The van der Waals surface area contributed by atoms with Crippen LogP contribution in [0.3, 0.4) is 0 Å². The van der Waals surface area contributed by atoms with E-state index >= 15 is 0 Å². The van der Waals surface area contributed by atoms with E-state index in [1.54, 1.807) is 7.11 Å². The van der Waals surface area contributed by atoms with Crippen LogP contribution in [0.2, 0.25) is 0 Å². The molecule has 0 saturated carbocycles. The van der Waals surface area contributed by atoms with Gasteiger partial charge in [-0.3, -0.25) is 0 Å². The second-order valence-corrected chi connectivity index (χ2v) is 5.03. The first-order chi connectivity index (χ1) is 9.67. The molecule has 1 atom stereocenters. The molecule has 0 amide bonds. The monoisotopic (exact) mass is 270 g/mol. The molecule has 0 aliphatic heterocycles. The number of benzene rings is 2. The fraction of sp³-hybridized carbons (Fsp3) is 0.294. The van der Waals surface area contributed by atoms with Gasteiger partial charge in [-0.2, -0.15) is 0 Å². The highest BCUT2D eigenvalue weighted by Crippen LogP contribution is 2.31. The second-order valence-electron chi connectivity index (χ2n) is 5.03. The zero-order valence-corrected chi connectivity index (χ0v) is 12.1. The van der Waals surface area contributed by atoms with Crippen LogP contribution in [0, 0.1) is 0 Å². The Morgan fingerprint density at radius 2 is 1.95 bits per heavy atom. The van der Waals surface area contributed by atoms with Crippen molar-refractivity contribution in [2.75, 3.05) is 20.2 Å². The first kappa shape index (κ1) is 14.6. The van der Waals surface area contributed by atoms with Crippen LogP contribution >= 0.6 is 0 Å². The van der Waals surface area contributed by atoms with E-state index in [0.717, 1.165) is 23.3 Å². The van der Waals surface area contributed by atoms with Gasteiger partial charge in [-0.25, -0.2) is 0 Å². The van der Waals surface area contributed by atoms with Crippen LogP contribution in [0.25, 0.3) is 10.8 Å². The molecule has 3 heteroatoms. The number of nitrogens with one attached hydrogen (secondary N) is 1. The summed E-state index contributed by atoms with van der Waals surface area (Å²) in [6.45, 7) is 7.24. The average Bonchev–Trinajstić information content (AvgIpc) is 2.47. The van der Waals surface area contributed by atoms with Gasteiger partial charge in [0.15, 0.2) is 0 Å². The molecule has 2 aromatic rings. The van der Waals surface area contributed by atoms with Gasteiger partial charge in [0.2, 0.25) is 0 Å². The van der Waals surface area contributed by atoms with Crippen LogP contribution in [0.5, 0.6) is 5.75 Å². The zero-order chi connectivity index (χ0) is 14.5. The van der Waals surface area contributed by atoms with Crippen molar-refractivity contribution in [1.82, 2.24) is 5.32 Å². The summed E-state index contributed by atoms with van der Waals surface area (Å²) < 4.78 is 5.43. The van der Waals surface area contributed by atoms with Crippen molar-refractivity contribution in [2.45, 2.75) is 13.0 Å². The maximum Gasteiger partial charge on any atom is 0.126 e. The maximum absolute atomic E-state index is 5.93. The van der Waals surface area contributed by atoms with Gasteiger partial charge in [0.05, 0.1) is 7.11 Å². The van der Waals surface area contributed by atoms with Crippen LogP contribution < -0.4 is 15.8 Å². The van der Waals surface area contributed by atoms with Crippen molar-refractivity contribution < 1.29 is 4.74 Å². The van der Waals surface area contributed by atoms with Crippen LogP contribution in [0.1, 0.15) is 18.5 Å². The van der Waals surface area contributed by atoms with Crippen molar-refractivity contribution in [3.63, 3.8) is 0 Å². The molecule has 106 valence electrons. The van der Waals surface area contributed by atoms with E-state index in [4.69, 9.17) is 10.5 Å². The molecule has 3 N–H and O–H groups in total. The fourth-order valence-electron chi connectivity index (χ4n) is 2.39. The molecule has 1 unspecified atom stereocenters. The Hall–Kier alpha value is -1.84. The summed E-state index contributed by atoms with van der Waals surface area (Å²) in [7, 11) is 1.70. The minimum atomic E-state index is 0.113. The predicted octanol–water partition coefficient (Wildman–Crippen LogP) is 3.01. The van der Waals surface area contributed by atoms with Gasteiger partial charge in [0.25, 0.3) is 0 Å². The molecular weight excluding hydrogens is 248 g/mol. The summed E-state index contributed by atoms with van der Waals surface area (Å²) in [6, 6.07) is 12.4. The summed E-state index contributed by atoms with van der Waals surface area (Å²) in [5, 5.41) is 5.74. The number of methoxy groups -OCH3 is 1. The molecule has 2 rings (SSSR count). The highest BCUT2D eigenvalue weighted by atomic mass is 16.5.